The number of carboxylic acids is 1. The third-order valence-corrected chi connectivity index (χ3v) is 2.72. The minimum Gasteiger partial charge on any atom is -0.477 e. The number of aromatic carboxylic acids is 1. The first-order chi connectivity index (χ1) is 7.18. The van der Waals surface area contributed by atoms with E-state index in [0.29, 0.717) is 0 Å². The van der Waals surface area contributed by atoms with Gasteiger partial charge in [0.1, 0.15) is 5.69 Å². The smallest absolute Gasteiger partial charge is 0.354 e. The highest BCUT2D eigenvalue weighted by Gasteiger charge is 2.15. The molecule has 1 N–H and O–H groups in total. The Bertz CT molecular complexity index is 418. The van der Waals surface area contributed by atoms with Gasteiger partial charge >= 0.3 is 5.97 Å². The predicted molar refractivity (Wildman–Crippen MR) is 56.6 cm³/mol. The van der Waals surface area contributed by atoms with Crippen LogP contribution < -0.4 is 0 Å². The monoisotopic (exact) mass is 206 g/mol. The number of hydrogen-bond acceptors (Lipinski definition) is 2. The molecule has 0 atom stereocenters. The van der Waals surface area contributed by atoms with Crippen molar-refractivity contribution in [2.45, 2.75) is 25.7 Å². The Balaban J connectivity index is 2.33. The molecule has 0 amide bonds. The van der Waals surface area contributed by atoms with Crippen molar-refractivity contribution >= 4 is 11.5 Å². The maximum atomic E-state index is 10.8. The third kappa shape index (κ3) is 1.93. The van der Waals surface area contributed by atoms with E-state index in [4.69, 9.17) is 5.11 Å². The molecule has 0 unspecified atom stereocenters. The van der Waals surface area contributed by atoms with E-state index in [1.807, 2.05) is 0 Å². The minimum atomic E-state index is -0.923. The molecule has 0 saturated heterocycles. The molecule has 4 heteroatoms. The second-order valence-corrected chi connectivity index (χ2v) is 3.82. The molecule has 1 aromatic rings. The molecule has 4 nitrogen and oxygen atoms in total. The molecule has 0 spiro atoms. The summed E-state index contributed by atoms with van der Waals surface area (Å²) in [5.41, 5.74) is 2.25. The first kappa shape index (κ1) is 9.96. The lowest BCUT2D eigenvalue weighted by Gasteiger charge is -2.09. The zero-order chi connectivity index (χ0) is 10.8. The van der Waals surface area contributed by atoms with Gasteiger partial charge in [-0.25, -0.2) is 4.79 Å². The highest BCUT2D eigenvalue weighted by atomic mass is 16.4. The molecule has 0 aliphatic heterocycles. The van der Waals surface area contributed by atoms with E-state index >= 15 is 0 Å². The number of carboxylic acid groups (broad SMARTS) is 1. The summed E-state index contributed by atoms with van der Waals surface area (Å²) in [5, 5.41) is 13.1. The van der Waals surface area contributed by atoms with E-state index < -0.39 is 5.97 Å². The SMILES string of the molecule is Cn1nc(C2=CCCCC2)cc1C(=O)O. The van der Waals surface area contributed by atoms with Gasteiger partial charge in [-0.1, -0.05) is 6.08 Å². The first-order valence-electron chi connectivity index (χ1n) is 5.15. The van der Waals surface area contributed by atoms with Crippen LogP contribution in [0, 0.1) is 0 Å². The van der Waals surface area contributed by atoms with Crippen molar-refractivity contribution in [2.75, 3.05) is 0 Å². The van der Waals surface area contributed by atoms with Gasteiger partial charge < -0.3 is 5.11 Å². The molecular weight excluding hydrogens is 192 g/mol. The fourth-order valence-corrected chi connectivity index (χ4v) is 1.90. The molecule has 1 aliphatic rings. The van der Waals surface area contributed by atoms with Crippen molar-refractivity contribution in [2.24, 2.45) is 7.05 Å². The third-order valence-electron chi connectivity index (χ3n) is 2.72. The number of carbonyl (C=O) groups is 1. The van der Waals surface area contributed by atoms with Gasteiger partial charge in [-0.05, 0) is 37.3 Å². The molecule has 1 aromatic heterocycles. The average molecular weight is 206 g/mol. The highest BCUT2D eigenvalue weighted by Crippen LogP contribution is 2.25. The first-order valence-corrected chi connectivity index (χ1v) is 5.15. The van der Waals surface area contributed by atoms with Crippen molar-refractivity contribution in [3.63, 3.8) is 0 Å². The number of nitrogens with zero attached hydrogens (tertiary/aromatic N) is 2. The molecule has 0 fully saturated rings. The normalized spacial score (nSPS) is 16.2. The van der Waals surface area contributed by atoms with Crippen LogP contribution in [0.3, 0.4) is 0 Å². The lowest BCUT2D eigenvalue weighted by Crippen LogP contribution is -2.04. The van der Waals surface area contributed by atoms with E-state index in [0.717, 1.165) is 18.5 Å². The van der Waals surface area contributed by atoms with E-state index in [2.05, 4.69) is 11.2 Å². The van der Waals surface area contributed by atoms with Gasteiger partial charge in [-0.2, -0.15) is 5.10 Å². The molecule has 0 bridgehead atoms. The van der Waals surface area contributed by atoms with Gasteiger partial charge in [0.15, 0.2) is 0 Å². The number of aryl methyl sites for hydroxylation is 1. The highest BCUT2D eigenvalue weighted by molar-refractivity contribution is 5.86. The molecule has 80 valence electrons. The number of allylic oxidation sites excluding steroid dienone is 2. The van der Waals surface area contributed by atoms with Crippen LogP contribution in [-0.2, 0) is 7.05 Å². The van der Waals surface area contributed by atoms with Crippen molar-refractivity contribution < 1.29 is 9.90 Å². The maximum absolute atomic E-state index is 10.8. The largest absolute Gasteiger partial charge is 0.477 e. The van der Waals surface area contributed by atoms with Gasteiger partial charge in [-0.15, -0.1) is 0 Å². The van der Waals surface area contributed by atoms with Crippen molar-refractivity contribution in [1.29, 1.82) is 0 Å². The Morgan fingerprint density at radius 2 is 2.33 bits per heavy atom. The molecule has 0 saturated carbocycles. The second-order valence-electron chi connectivity index (χ2n) is 3.82. The fourth-order valence-electron chi connectivity index (χ4n) is 1.90. The standard InChI is InChI=1S/C11H14N2O2/c1-13-10(11(14)15)7-9(12-13)8-5-3-2-4-6-8/h5,7H,2-4,6H2,1H3,(H,14,15). The molecule has 15 heavy (non-hydrogen) atoms. The number of aromatic nitrogens is 2. The van der Waals surface area contributed by atoms with Gasteiger partial charge in [0, 0.05) is 7.05 Å². The van der Waals surface area contributed by atoms with E-state index in [1.165, 1.54) is 23.1 Å². The summed E-state index contributed by atoms with van der Waals surface area (Å²) in [7, 11) is 1.66. The predicted octanol–water partition coefficient (Wildman–Crippen LogP) is 2.08. The Kier molecular flexibility index (Phi) is 2.58. The fraction of sp³-hybridized carbons (Fsp3) is 0.455. The van der Waals surface area contributed by atoms with Gasteiger partial charge in [-0.3, -0.25) is 4.68 Å². The summed E-state index contributed by atoms with van der Waals surface area (Å²) in [6, 6.07) is 1.65. The van der Waals surface area contributed by atoms with Crippen LogP contribution in [0.15, 0.2) is 12.1 Å². The summed E-state index contributed by atoms with van der Waals surface area (Å²) in [6.45, 7) is 0. The zero-order valence-corrected chi connectivity index (χ0v) is 8.73. The van der Waals surface area contributed by atoms with Gasteiger partial charge in [0.05, 0.1) is 5.69 Å². The van der Waals surface area contributed by atoms with Crippen LogP contribution >= 0.6 is 0 Å². The van der Waals surface area contributed by atoms with Crippen molar-refractivity contribution in [3.8, 4) is 0 Å². The summed E-state index contributed by atoms with van der Waals surface area (Å²) >= 11 is 0. The number of hydrogen-bond donors (Lipinski definition) is 1. The summed E-state index contributed by atoms with van der Waals surface area (Å²) in [4.78, 5) is 10.8. The van der Waals surface area contributed by atoms with Gasteiger partial charge in [0.2, 0.25) is 0 Å². The van der Waals surface area contributed by atoms with Crippen molar-refractivity contribution in [1.82, 2.24) is 9.78 Å². The topological polar surface area (TPSA) is 55.1 Å². The lowest BCUT2D eigenvalue weighted by atomic mass is 9.97. The summed E-state index contributed by atoms with van der Waals surface area (Å²) < 4.78 is 1.42. The Morgan fingerprint density at radius 3 is 2.87 bits per heavy atom. The quantitative estimate of drug-likeness (QED) is 0.805. The van der Waals surface area contributed by atoms with Crippen molar-refractivity contribution in [3.05, 3.63) is 23.5 Å². The molecule has 0 radical (unpaired) electrons. The van der Waals surface area contributed by atoms with Crippen LogP contribution in [0.1, 0.15) is 41.9 Å². The zero-order valence-electron chi connectivity index (χ0n) is 8.73. The second kappa shape index (κ2) is 3.88. The van der Waals surface area contributed by atoms with Crippen LogP contribution in [0.2, 0.25) is 0 Å². The molecule has 1 aliphatic carbocycles. The van der Waals surface area contributed by atoms with Crippen LogP contribution in [0.4, 0.5) is 0 Å². The lowest BCUT2D eigenvalue weighted by molar-refractivity contribution is 0.0685. The number of rotatable bonds is 2. The van der Waals surface area contributed by atoms with E-state index in [-0.39, 0.29) is 5.69 Å². The summed E-state index contributed by atoms with van der Waals surface area (Å²) in [5.74, 6) is -0.923. The molecular formula is C11H14N2O2. The van der Waals surface area contributed by atoms with E-state index in [1.54, 1.807) is 13.1 Å². The van der Waals surface area contributed by atoms with Crippen LogP contribution in [-0.4, -0.2) is 20.9 Å². The Hall–Kier alpha value is -1.58. The van der Waals surface area contributed by atoms with Gasteiger partial charge in [0.25, 0.3) is 0 Å². The molecule has 1 heterocycles. The van der Waals surface area contributed by atoms with Crippen LogP contribution in [0.25, 0.3) is 5.57 Å². The minimum absolute atomic E-state index is 0.247. The maximum Gasteiger partial charge on any atom is 0.354 e. The van der Waals surface area contributed by atoms with Crippen LogP contribution in [0.5, 0.6) is 0 Å². The molecule has 0 aromatic carbocycles. The summed E-state index contributed by atoms with van der Waals surface area (Å²) in [6.07, 6.45) is 6.65. The Morgan fingerprint density at radius 1 is 1.53 bits per heavy atom. The average Bonchev–Trinajstić information content (AvgIpc) is 2.62. The Labute approximate surface area is 88.2 Å². The van der Waals surface area contributed by atoms with E-state index in [9.17, 15) is 4.79 Å². The molecule has 2 rings (SSSR count).